The number of hydrogen-bond donors (Lipinski definition) is 3. The second kappa shape index (κ2) is 4.75. The first-order valence-electron chi connectivity index (χ1n) is 4.41. The number of rotatable bonds is 4. The van der Waals surface area contributed by atoms with Gasteiger partial charge in [-0.25, -0.2) is 9.18 Å². The molecule has 1 rings (SSSR count). The van der Waals surface area contributed by atoms with Crippen LogP contribution in [-0.4, -0.2) is 28.8 Å². The minimum Gasteiger partial charge on any atom is -0.479 e. The summed E-state index contributed by atoms with van der Waals surface area (Å²) in [5, 5.41) is 20.1. The number of aliphatic carboxylic acids is 1. The van der Waals surface area contributed by atoms with Gasteiger partial charge in [-0.15, -0.1) is 0 Å². The number of aliphatic hydroxyl groups excluding tert-OH is 1. The van der Waals surface area contributed by atoms with Crippen molar-refractivity contribution in [1.29, 1.82) is 0 Å². The van der Waals surface area contributed by atoms with Crippen molar-refractivity contribution in [3.8, 4) is 0 Å². The lowest BCUT2D eigenvalue weighted by atomic mass is 10.2. The van der Waals surface area contributed by atoms with Gasteiger partial charge in [-0.1, -0.05) is 0 Å². The molecule has 0 fully saturated rings. The van der Waals surface area contributed by atoms with E-state index >= 15 is 0 Å². The van der Waals surface area contributed by atoms with Gasteiger partial charge in [0, 0.05) is 5.69 Å². The molecule has 82 valence electrons. The minimum absolute atomic E-state index is 0.111. The highest BCUT2D eigenvalue weighted by Crippen LogP contribution is 2.13. The van der Waals surface area contributed by atoms with Gasteiger partial charge in [0.05, 0.1) is 6.54 Å². The van der Waals surface area contributed by atoms with Gasteiger partial charge < -0.3 is 15.5 Å². The summed E-state index contributed by atoms with van der Waals surface area (Å²) in [6.07, 6.45) is -1.46. The van der Waals surface area contributed by atoms with E-state index in [0.29, 0.717) is 11.3 Å². The number of aliphatic hydroxyl groups is 1. The molecule has 0 aliphatic rings. The van der Waals surface area contributed by atoms with Crippen LogP contribution in [0.2, 0.25) is 0 Å². The molecule has 0 amide bonds. The Morgan fingerprint density at radius 3 is 2.80 bits per heavy atom. The molecule has 0 saturated heterocycles. The van der Waals surface area contributed by atoms with Gasteiger partial charge in [-0.3, -0.25) is 0 Å². The molecular formula is C10H12FNO3. The maximum atomic E-state index is 12.9. The Morgan fingerprint density at radius 1 is 1.60 bits per heavy atom. The van der Waals surface area contributed by atoms with Gasteiger partial charge in [0.2, 0.25) is 0 Å². The molecule has 0 bridgehead atoms. The summed E-state index contributed by atoms with van der Waals surface area (Å²) in [4.78, 5) is 10.3. The minimum atomic E-state index is -1.46. The standard InChI is InChI=1S/C10H12FNO3/c1-6-4-7(2-3-8(6)11)12-5-9(13)10(14)15/h2-4,9,12-13H,5H2,1H3,(H,14,15). The Morgan fingerprint density at radius 2 is 2.27 bits per heavy atom. The van der Waals surface area contributed by atoms with E-state index < -0.39 is 12.1 Å². The highest BCUT2D eigenvalue weighted by molar-refractivity contribution is 5.72. The summed E-state index contributed by atoms with van der Waals surface area (Å²) in [5.74, 6) is -1.61. The van der Waals surface area contributed by atoms with Crippen LogP contribution in [0.25, 0.3) is 0 Å². The molecule has 0 spiro atoms. The molecule has 0 radical (unpaired) electrons. The van der Waals surface area contributed by atoms with Crippen molar-refractivity contribution in [1.82, 2.24) is 0 Å². The fraction of sp³-hybridized carbons (Fsp3) is 0.300. The van der Waals surface area contributed by atoms with Crippen molar-refractivity contribution in [3.05, 3.63) is 29.6 Å². The molecule has 1 aromatic carbocycles. The third kappa shape index (κ3) is 3.21. The van der Waals surface area contributed by atoms with Crippen molar-refractivity contribution >= 4 is 11.7 Å². The van der Waals surface area contributed by atoms with Crippen molar-refractivity contribution in [2.45, 2.75) is 13.0 Å². The average Bonchev–Trinajstić information content (AvgIpc) is 2.19. The molecular weight excluding hydrogens is 201 g/mol. The van der Waals surface area contributed by atoms with Crippen LogP contribution in [0.3, 0.4) is 0 Å². The number of carboxylic acid groups (broad SMARTS) is 1. The fourth-order valence-corrected chi connectivity index (χ4v) is 1.06. The number of carbonyl (C=O) groups is 1. The van der Waals surface area contributed by atoms with Gasteiger partial charge in [0.1, 0.15) is 5.82 Å². The Hall–Kier alpha value is -1.62. The summed E-state index contributed by atoms with van der Waals surface area (Å²) in [7, 11) is 0. The van der Waals surface area contributed by atoms with Crippen LogP contribution in [-0.2, 0) is 4.79 Å². The van der Waals surface area contributed by atoms with E-state index in [4.69, 9.17) is 10.2 Å². The van der Waals surface area contributed by atoms with E-state index in [1.54, 1.807) is 13.0 Å². The van der Waals surface area contributed by atoms with E-state index in [1.807, 2.05) is 0 Å². The van der Waals surface area contributed by atoms with Gasteiger partial charge in [-0.05, 0) is 30.7 Å². The number of carboxylic acids is 1. The molecule has 3 N–H and O–H groups in total. The smallest absolute Gasteiger partial charge is 0.334 e. The molecule has 1 unspecified atom stereocenters. The quantitative estimate of drug-likeness (QED) is 0.697. The summed E-state index contributed by atoms with van der Waals surface area (Å²) < 4.78 is 12.9. The highest BCUT2D eigenvalue weighted by atomic mass is 19.1. The van der Waals surface area contributed by atoms with E-state index in [1.165, 1.54) is 12.1 Å². The van der Waals surface area contributed by atoms with Crippen LogP contribution in [0.4, 0.5) is 10.1 Å². The lowest BCUT2D eigenvalue weighted by molar-refractivity contribution is -0.145. The molecule has 5 heteroatoms. The maximum absolute atomic E-state index is 12.9. The topological polar surface area (TPSA) is 69.6 Å². The Labute approximate surface area is 86.4 Å². The van der Waals surface area contributed by atoms with Gasteiger partial charge >= 0.3 is 5.97 Å². The number of benzene rings is 1. The van der Waals surface area contributed by atoms with Crippen LogP contribution in [0.15, 0.2) is 18.2 Å². The summed E-state index contributed by atoms with van der Waals surface area (Å²) in [6, 6.07) is 4.31. The van der Waals surface area contributed by atoms with Crippen LogP contribution < -0.4 is 5.32 Å². The van der Waals surface area contributed by atoms with Crippen LogP contribution in [0, 0.1) is 12.7 Å². The lowest BCUT2D eigenvalue weighted by Crippen LogP contribution is -2.28. The second-order valence-electron chi connectivity index (χ2n) is 3.20. The first-order valence-corrected chi connectivity index (χ1v) is 4.41. The van der Waals surface area contributed by atoms with E-state index in [0.717, 1.165) is 0 Å². The number of nitrogens with one attached hydrogen (secondary N) is 1. The summed E-state index contributed by atoms with van der Waals surface area (Å²) in [6.45, 7) is 1.49. The molecule has 0 aliphatic carbocycles. The largest absolute Gasteiger partial charge is 0.479 e. The Balaban J connectivity index is 2.58. The van der Waals surface area contributed by atoms with Crippen molar-refractivity contribution in [2.75, 3.05) is 11.9 Å². The van der Waals surface area contributed by atoms with E-state index in [9.17, 15) is 9.18 Å². The van der Waals surface area contributed by atoms with E-state index in [2.05, 4.69) is 5.32 Å². The number of hydrogen-bond acceptors (Lipinski definition) is 3. The van der Waals surface area contributed by atoms with Crippen LogP contribution in [0.5, 0.6) is 0 Å². The lowest BCUT2D eigenvalue weighted by Gasteiger charge is -2.09. The van der Waals surface area contributed by atoms with Crippen molar-refractivity contribution in [2.24, 2.45) is 0 Å². The second-order valence-corrected chi connectivity index (χ2v) is 3.20. The molecule has 1 aromatic rings. The van der Waals surface area contributed by atoms with Gasteiger partial charge in [0.25, 0.3) is 0 Å². The fourth-order valence-electron chi connectivity index (χ4n) is 1.06. The number of halogens is 1. The number of aryl methyl sites for hydroxylation is 1. The molecule has 0 aromatic heterocycles. The predicted octanol–water partition coefficient (Wildman–Crippen LogP) is 0.992. The zero-order valence-corrected chi connectivity index (χ0v) is 8.20. The van der Waals surface area contributed by atoms with Crippen LogP contribution >= 0.6 is 0 Å². The third-order valence-electron chi connectivity index (χ3n) is 1.94. The molecule has 0 saturated carbocycles. The SMILES string of the molecule is Cc1cc(NCC(O)C(=O)O)ccc1F. The van der Waals surface area contributed by atoms with Gasteiger partial charge in [0.15, 0.2) is 6.10 Å². The zero-order chi connectivity index (χ0) is 11.4. The van der Waals surface area contributed by atoms with Crippen molar-refractivity contribution in [3.63, 3.8) is 0 Å². The summed E-state index contributed by atoms with van der Waals surface area (Å²) in [5.41, 5.74) is 1.04. The highest BCUT2D eigenvalue weighted by Gasteiger charge is 2.12. The molecule has 0 heterocycles. The molecule has 4 nitrogen and oxygen atoms in total. The monoisotopic (exact) mass is 213 g/mol. The van der Waals surface area contributed by atoms with E-state index in [-0.39, 0.29) is 12.4 Å². The van der Waals surface area contributed by atoms with Crippen LogP contribution in [0.1, 0.15) is 5.56 Å². The first-order chi connectivity index (χ1) is 7.00. The average molecular weight is 213 g/mol. The normalized spacial score (nSPS) is 12.2. The molecule has 1 atom stereocenters. The molecule has 0 aliphatic heterocycles. The molecule has 15 heavy (non-hydrogen) atoms. The predicted molar refractivity (Wildman–Crippen MR) is 53.3 cm³/mol. The van der Waals surface area contributed by atoms with Gasteiger partial charge in [-0.2, -0.15) is 0 Å². The Kier molecular flexibility index (Phi) is 3.62. The maximum Gasteiger partial charge on any atom is 0.334 e. The third-order valence-corrected chi connectivity index (χ3v) is 1.94. The first kappa shape index (κ1) is 11.5. The summed E-state index contributed by atoms with van der Waals surface area (Å²) >= 11 is 0. The van der Waals surface area contributed by atoms with Crippen molar-refractivity contribution < 1.29 is 19.4 Å². The number of anilines is 1. The Bertz CT molecular complexity index is 368. The zero-order valence-electron chi connectivity index (χ0n) is 8.20.